The predicted molar refractivity (Wildman–Crippen MR) is 61.4 cm³/mol. The summed E-state index contributed by atoms with van der Waals surface area (Å²) in [7, 11) is 0. The Labute approximate surface area is 103 Å². The smallest absolute Gasteiger partial charge is 0.367 e. The van der Waals surface area contributed by atoms with Crippen LogP contribution < -0.4 is 5.73 Å². The lowest BCUT2D eigenvalue weighted by molar-refractivity contribution is -0.428. The van der Waals surface area contributed by atoms with E-state index < -0.39 is 23.0 Å². The van der Waals surface area contributed by atoms with Crippen LogP contribution in [-0.2, 0) is 9.53 Å². The second-order valence-corrected chi connectivity index (χ2v) is 3.62. The molecular formula is C11H15N2O5+. The van der Waals surface area contributed by atoms with Crippen LogP contribution in [0.3, 0.4) is 0 Å². The molecule has 0 aliphatic heterocycles. The van der Waals surface area contributed by atoms with Crippen molar-refractivity contribution in [2.24, 2.45) is 0 Å². The lowest BCUT2D eigenvalue weighted by Gasteiger charge is -2.14. The topological polar surface area (TPSA) is 117 Å². The third-order valence-electron chi connectivity index (χ3n) is 2.42. The van der Waals surface area contributed by atoms with Gasteiger partial charge in [0.15, 0.2) is 0 Å². The molecular weight excluding hydrogens is 240 g/mol. The number of para-hydroxylation sites is 1. The first-order chi connectivity index (χ1) is 8.49. The Morgan fingerprint density at radius 3 is 2.72 bits per heavy atom. The Kier molecular flexibility index (Phi) is 4.75. The highest BCUT2D eigenvalue weighted by molar-refractivity contribution is 5.75. The minimum atomic E-state index is -1.37. The van der Waals surface area contributed by atoms with Crippen LogP contribution in [0.1, 0.15) is 18.6 Å². The number of esters is 1. The number of carbonyl (C=O) groups is 1. The Hall–Kier alpha value is -1.99. The maximum absolute atomic E-state index is 11.4. The van der Waals surface area contributed by atoms with E-state index in [-0.39, 0.29) is 17.9 Å². The first-order valence-corrected chi connectivity index (χ1v) is 5.40. The molecule has 0 aliphatic carbocycles. The first-order valence-electron chi connectivity index (χ1n) is 5.40. The summed E-state index contributed by atoms with van der Waals surface area (Å²) in [5.41, 5.74) is 3.29. The minimum Gasteiger partial charge on any atom is -0.462 e. The SMILES string of the molecule is CCOC(=O)[C@@H]([NH3+])[C@@H](O)c1ccccc1[N+](=O)[O-]. The maximum Gasteiger partial charge on any atom is 0.367 e. The largest absolute Gasteiger partial charge is 0.462 e. The van der Waals surface area contributed by atoms with Crippen molar-refractivity contribution in [1.29, 1.82) is 0 Å². The van der Waals surface area contributed by atoms with E-state index in [1.165, 1.54) is 18.2 Å². The molecule has 1 aromatic rings. The van der Waals surface area contributed by atoms with E-state index in [1.54, 1.807) is 13.0 Å². The standard InChI is InChI=1S/C11H14N2O5/c1-2-18-11(15)9(12)10(14)7-5-3-4-6-8(7)13(16)17/h3-6,9-10,14H,2,12H2,1H3/p+1/t9-,10-/m0/s1. The van der Waals surface area contributed by atoms with E-state index in [0.29, 0.717) is 0 Å². The fourth-order valence-electron chi connectivity index (χ4n) is 1.50. The molecule has 0 amide bonds. The summed E-state index contributed by atoms with van der Waals surface area (Å²) in [4.78, 5) is 21.6. The summed E-state index contributed by atoms with van der Waals surface area (Å²) in [5, 5.41) is 20.8. The zero-order valence-electron chi connectivity index (χ0n) is 9.91. The fraction of sp³-hybridized carbons (Fsp3) is 0.364. The van der Waals surface area contributed by atoms with Crippen LogP contribution in [-0.4, -0.2) is 28.6 Å². The number of benzene rings is 1. The van der Waals surface area contributed by atoms with Crippen LogP contribution in [0.25, 0.3) is 0 Å². The van der Waals surface area contributed by atoms with Crippen molar-refractivity contribution in [1.82, 2.24) is 0 Å². The van der Waals surface area contributed by atoms with Gasteiger partial charge in [0.2, 0.25) is 6.04 Å². The van der Waals surface area contributed by atoms with Gasteiger partial charge < -0.3 is 15.6 Å². The quantitative estimate of drug-likeness (QED) is 0.429. The van der Waals surface area contributed by atoms with Gasteiger partial charge >= 0.3 is 5.97 Å². The van der Waals surface area contributed by atoms with Gasteiger partial charge in [0.25, 0.3) is 5.69 Å². The number of nitrogens with zero attached hydrogens (tertiary/aromatic N) is 1. The number of hydrogen-bond donors (Lipinski definition) is 2. The molecule has 0 heterocycles. The number of quaternary nitrogens is 1. The Morgan fingerprint density at radius 2 is 2.17 bits per heavy atom. The van der Waals surface area contributed by atoms with Crippen molar-refractivity contribution in [3.63, 3.8) is 0 Å². The summed E-state index contributed by atoms with van der Waals surface area (Å²) < 4.78 is 4.72. The molecule has 0 bridgehead atoms. The number of nitro benzene ring substituents is 1. The fourth-order valence-corrected chi connectivity index (χ4v) is 1.50. The van der Waals surface area contributed by atoms with Crippen molar-refractivity contribution < 1.29 is 25.3 Å². The second kappa shape index (κ2) is 6.08. The lowest BCUT2D eigenvalue weighted by Crippen LogP contribution is -2.68. The number of hydrogen-bond acceptors (Lipinski definition) is 5. The molecule has 0 saturated carbocycles. The monoisotopic (exact) mass is 255 g/mol. The molecule has 0 spiro atoms. The molecule has 18 heavy (non-hydrogen) atoms. The number of aliphatic hydroxyl groups excluding tert-OH is 1. The zero-order chi connectivity index (χ0) is 13.7. The van der Waals surface area contributed by atoms with Crippen LogP contribution in [0.5, 0.6) is 0 Å². The number of aliphatic hydroxyl groups is 1. The average molecular weight is 255 g/mol. The molecule has 4 N–H and O–H groups in total. The lowest BCUT2D eigenvalue weighted by atomic mass is 10.0. The molecule has 7 nitrogen and oxygen atoms in total. The normalized spacial score (nSPS) is 13.7. The summed E-state index contributed by atoms with van der Waals surface area (Å²) >= 11 is 0. The van der Waals surface area contributed by atoms with Crippen molar-refractivity contribution in [2.45, 2.75) is 19.1 Å². The molecule has 0 unspecified atom stereocenters. The molecule has 2 atom stereocenters. The van der Waals surface area contributed by atoms with Gasteiger partial charge in [-0.15, -0.1) is 0 Å². The Morgan fingerprint density at radius 1 is 1.56 bits per heavy atom. The molecule has 0 aliphatic rings. The van der Waals surface area contributed by atoms with Gasteiger partial charge in [-0.25, -0.2) is 4.79 Å². The van der Waals surface area contributed by atoms with Crippen molar-refractivity contribution in [3.8, 4) is 0 Å². The molecule has 1 rings (SSSR count). The van der Waals surface area contributed by atoms with Crippen molar-refractivity contribution in [2.75, 3.05) is 6.61 Å². The average Bonchev–Trinajstić information content (AvgIpc) is 2.37. The van der Waals surface area contributed by atoms with E-state index in [9.17, 15) is 20.0 Å². The van der Waals surface area contributed by atoms with Crippen LogP contribution in [0.15, 0.2) is 24.3 Å². The molecule has 0 saturated heterocycles. The molecule has 0 radical (unpaired) electrons. The number of rotatable bonds is 5. The van der Waals surface area contributed by atoms with Gasteiger partial charge in [-0.05, 0) is 13.0 Å². The maximum atomic E-state index is 11.4. The number of ether oxygens (including phenoxy) is 1. The molecule has 98 valence electrons. The second-order valence-electron chi connectivity index (χ2n) is 3.62. The first kappa shape index (κ1) is 14.1. The highest BCUT2D eigenvalue weighted by Crippen LogP contribution is 2.26. The van der Waals surface area contributed by atoms with Gasteiger partial charge in [0.1, 0.15) is 6.10 Å². The van der Waals surface area contributed by atoms with Gasteiger partial charge in [-0.1, -0.05) is 12.1 Å². The zero-order valence-corrected chi connectivity index (χ0v) is 9.91. The summed E-state index contributed by atoms with van der Waals surface area (Å²) in [6.07, 6.45) is -1.37. The van der Waals surface area contributed by atoms with Gasteiger partial charge in [-0.2, -0.15) is 0 Å². The number of nitro groups is 1. The van der Waals surface area contributed by atoms with Crippen molar-refractivity contribution in [3.05, 3.63) is 39.9 Å². The Bertz CT molecular complexity index is 449. The summed E-state index contributed by atoms with van der Waals surface area (Å²) in [6, 6.07) is 4.57. The van der Waals surface area contributed by atoms with Crippen LogP contribution in [0.4, 0.5) is 5.69 Å². The van der Waals surface area contributed by atoms with E-state index in [1.807, 2.05) is 0 Å². The van der Waals surface area contributed by atoms with E-state index in [0.717, 1.165) is 0 Å². The number of carbonyl (C=O) groups excluding carboxylic acids is 1. The summed E-state index contributed by atoms with van der Waals surface area (Å²) in [5.74, 6) is -0.692. The molecule has 1 aromatic carbocycles. The van der Waals surface area contributed by atoms with E-state index in [4.69, 9.17) is 4.74 Å². The Balaban J connectivity index is 2.99. The van der Waals surface area contributed by atoms with Crippen LogP contribution in [0, 0.1) is 10.1 Å². The van der Waals surface area contributed by atoms with E-state index in [2.05, 4.69) is 5.73 Å². The highest BCUT2D eigenvalue weighted by atomic mass is 16.6. The highest BCUT2D eigenvalue weighted by Gasteiger charge is 2.33. The third-order valence-corrected chi connectivity index (χ3v) is 2.42. The van der Waals surface area contributed by atoms with Crippen LogP contribution >= 0.6 is 0 Å². The van der Waals surface area contributed by atoms with Crippen LogP contribution in [0.2, 0.25) is 0 Å². The molecule has 0 fully saturated rings. The molecule has 0 aromatic heterocycles. The van der Waals surface area contributed by atoms with E-state index >= 15 is 0 Å². The van der Waals surface area contributed by atoms with Crippen molar-refractivity contribution >= 4 is 11.7 Å². The van der Waals surface area contributed by atoms with Gasteiger partial charge in [0, 0.05) is 6.07 Å². The predicted octanol–water partition coefficient (Wildman–Crippen LogP) is -0.198. The minimum absolute atomic E-state index is 0.0514. The van der Waals surface area contributed by atoms with Gasteiger partial charge in [0.05, 0.1) is 17.1 Å². The molecule has 7 heteroatoms. The third kappa shape index (κ3) is 3.02. The van der Waals surface area contributed by atoms with Gasteiger partial charge in [-0.3, -0.25) is 10.1 Å². The summed E-state index contributed by atoms with van der Waals surface area (Å²) in [6.45, 7) is 1.79.